The van der Waals surface area contributed by atoms with Crippen molar-refractivity contribution in [2.45, 2.75) is 63.3 Å². The van der Waals surface area contributed by atoms with Gasteiger partial charge in [0.15, 0.2) is 5.79 Å². The fraction of sp³-hybridized carbons (Fsp3) is 0.667. The van der Waals surface area contributed by atoms with Gasteiger partial charge in [-0.2, -0.15) is 0 Å². The molecular weight excluding hydrogens is 328 g/mol. The molecule has 0 aromatic heterocycles. The molecule has 0 radical (unpaired) electrons. The fourth-order valence-electron chi connectivity index (χ4n) is 4.23. The van der Waals surface area contributed by atoms with Crippen LogP contribution in [0.4, 0.5) is 0 Å². The lowest BCUT2D eigenvalue weighted by Crippen LogP contribution is -2.46. The van der Waals surface area contributed by atoms with Gasteiger partial charge in [0.2, 0.25) is 5.91 Å². The molecule has 2 aliphatic carbocycles. The molecule has 1 aromatic rings. The Bertz CT molecular complexity index is 611. The summed E-state index contributed by atoms with van der Waals surface area (Å²) in [5.41, 5.74) is 2.56. The molecule has 142 valence electrons. The maximum absolute atomic E-state index is 12.4. The van der Waals surface area contributed by atoms with Gasteiger partial charge in [-0.1, -0.05) is 29.8 Å². The van der Waals surface area contributed by atoms with Crippen molar-refractivity contribution in [3.05, 3.63) is 35.4 Å². The second-order valence-electron chi connectivity index (χ2n) is 8.06. The largest absolute Gasteiger partial charge is 0.352 e. The molecule has 0 unspecified atom stereocenters. The predicted molar refractivity (Wildman–Crippen MR) is 99.7 cm³/mol. The van der Waals surface area contributed by atoms with E-state index in [4.69, 9.17) is 9.47 Å². The minimum Gasteiger partial charge on any atom is -0.352 e. The molecular formula is C21H30N2O3. The van der Waals surface area contributed by atoms with E-state index in [1.165, 1.54) is 24.0 Å². The van der Waals surface area contributed by atoms with Gasteiger partial charge in [0, 0.05) is 24.9 Å². The Morgan fingerprint density at radius 3 is 2.38 bits per heavy atom. The van der Waals surface area contributed by atoms with Crippen LogP contribution in [0.5, 0.6) is 0 Å². The molecule has 1 heterocycles. The van der Waals surface area contributed by atoms with Gasteiger partial charge in [-0.25, -0.2) is 0 Å². The third-order valence-corrected chi connectivity index (χ3v) is 5.94. The summed E-state index contributed by atoms with van der Waals surface area (Å²) < 4.78 is 11.5. The molecule has 4 rings (SSSR count). The maximum Gasteiger partial charge on any atom is 0.234 e. The van der Waals surface area contributed by atoms with Gasteiger partial charge >= 0.3 is 0 Å². The van der Waals surface area contributed by atoms with E-state index in [9.17, 15) is 4.79 Å². The quantitative estimate of drug-likeness (QED) is 0.821. The van der Waals surface area contributed by atoms with Crippen molar-refractivity contribution in [2.24, 2.45) is 5.92 Å². The molecule has 3 fully saturated rings. The van der Waals surface area contributed by atoms with Gasteiger partial charge in [-0.15, -0.1) is 0 Å². The van der Waals surface area contributed by atoms with Crippen molar-refractivity contribution in [3.63, 3.8) is 0 Å². The lowest BCUT2D eigenvalue weighted by molar-refractivity contribution is -0.180. The number of carbonyl (C=O) groups excluding carboxylic acids is 1. The number of nitrogens with one attached hydrogen (secondary N) is 2. The van der Waals surface area contributed by atoms with Crippen molar-refractivity contribution >= 4 is 5.91 Å². The van der Waals surface area contributed by atoms with E-state index in [2.05, 4.69) is 41.8 Å². The summed E-state index contributed by atoms with van der Waals surface area (Å²) in [5.74, 6) is 0.399. The number of hydrogen-bond donors (Lipinski definition) is 2. The smallest absolute Gasteiger partial charge is 0.234 e. The van der Waals surface area contributed by atoms with E-state index in [1.54, 1.807) is 0 Å². The van der Waals surface area contributed by atoms with Crippen LogP contribution in [0, 0.1) is 12.8 Å². The topological polar surface area (TPSA) is 59.6 Å². The zero-order valence-electron chi connectivity index (χ0n) is 15.6. The van der Waals surface area contributed by atoms with Crippen molar-refractivity contribution in [1.82, 2.24) is 10.6 Å². The summed E-state index contributed by atoms with van der Waals surface area (Å²) in [5, 5.41) is 6.68. The van der Waals surface area contributed by atoms with Gasteiger partial charge in [-0.3, -0.25) is 4.79 Å². The monoisotopic (exact) mass is 358 g/mol. The standard InChI is InChI=1S/C21H30N2O3/c1-15-2-4-16(5-3-15)20(17-6-7-17)22-14-19(24)23-18-8-10-21(11-9-18)25-12-13-26-21/h2-5,17-18,20,22H,6-14H2,1H3,(H,23,24)/t20-/m0/s1. The first-order valence-corrected chi connectivity index (χ1v) is 10.0. The highest BCUT2D eigenvalue weighted by molar-refractivity contribution is 5.78. The molecule has 0 bridgehead atoms. The Balaban J connectivity index is 1.25. The van der Waals surface area contributed by atoms with Crippen molar-refractivity contribution in [2.75, 3.05) is 19.8 Å². The highest BCUT2D eigenvalue weighted by Crippen LogP contribution is 2.41. The molecule has 1 saturated heterocycles. The number of benzene rings is 1. The molecule has 5 heteroatoms. The SMILES string of the molecule is Cc1ccc([C@H](NCC(=O)NC2CCC3(CC2)OCCO3)C2CC2)cc1. The second-order valence-corrected chi connectivity index (χ2v) is 8.06. The normalized spacial score (nSPS) is 23.9. The van der Waals surface area contributed by atoms with Crippen molar-refractivity contribution < 1.29 is 14.3 Å². The van der Waals surface area contributed by atoms with E-state index >= 15 is 0 Å². The Morgan fingerprint density at radius 2 is 1.77 bits per heavy atom. The number of aryl methyl sites for hydroxylation is 1. The van der Waals surface area contributed by atoms with E-state index < -0.39 is 0 Å². The summed E-state index contributed by atoms with van der Waals surface area (Å²) >= 11 is 0. The minimum absolute atomic E-state index is 0.0944. The molecule has 2 saturated carbocycles. The molecule has 1 aliphatic heterocycles. The molecule has 2 N–H and O–H groups in total. The number of carbonyl (C=O) groups is 1. The molecule has 5 nitrogen and oxygen atoms in total. The lowest BCUT2D eigenvalue weighted by atomic mass is 9.90. The predicted octanol–water partition coefficient (Wildman–Crippen LogP) is 2.84. The van der Waals surface area contributed by atoms with Crippen LogP contribution in [-0.4, -0.2) is 37.5 Å². The summed E-state index contributed by atoms with van der Waals surface area (Å²) in [7, 11) is 0. The summed E-state index contributed by atoms with van der Waals surface area (Å²) in [6.07, 6.45) is 6.10. The Kier molecular flexibility index (Phi) is 5.30. The van der Waals surface area contributed by atoms with Crippen LogP contribution in [0.25, 0.3) is 0 Å². The van der Waals surface area contributed by atoms with Gasteiger partial charge in [0.1, 0.15) is 0 Å². The Morgan fingerprint density at radius 1 is 1.12 bits per heavy atom. The van der Waals surface area contributed by atoms with Crippen LogP contribution in [0.15, 0.2) is 24.3 Å². The van der Waals surface area contributed by atoms with Gasteiger partial charge < -0.3 is 20.1 Å². The Hall–Kier alpha value is -1.43. The van der Waals surface area contributed by atoms with E-state index in [0.29, 0.717) is 25.7 Å². The van der Waals surface area contributed by atoms with E-state index in [1.807, 2.05) is 0 Å². The lowest BCUT2D eigenvalue weighted by Gasteiger charge is -2.35. The van der Waals surface area contributed by atoms with Crippen LogP contribution >= 0.6 is 0 Å². The summed E-state index contributed by atoms with van der Waals surface area (Å²) in [6, 6.07) is 9.20. The van der Waals surface area contributed by atoms with Crippen molar-refractivity contribution in [3.8, 4) is 0 Å². The zero-order chi connectivity index (χ0) is 18.0. The highest BCUT2D eigenvalue weighted by atomic mass is 16.7. The van der Waals surface area contributed by atoms with Crippen LogP contribution < -0.4 is 10.6 Å². The third-order valence-electron chi connectivity index (χ3n) is 5.94. The summed E-state index contributed by atoms with van der Waals surface area (Å²) in [6.45, 7) is 3.88. The first kappa shape index (κ1) is 18.0. The zero-order valence-corrected chi connectivity index (χ0v) is 15.6. The average Bonchev–Trinajstić information content (AvgIpc) is 3.38. The van der Waals surface area contributed by atoms with Crippen LogP contribution in [-0.2, 0) is 14.3 Å². The van der Waals surface area contributed by atoms with Crippen LogP contribution in [0.3, 0.4) is 0 Å². The van der Waals surface area contributed by atoms with E-state index in [-0.39, 0.29) is 23.8 Å². The molecule has 3 aliphatic rings. The molecule has 1 spiro atoms. The summed E-state index contributed by atoms with van der Waals surface area (Å²) in [4.78, 5) is 12.4. The van der Waals surface area contributed by atoms with Crippen LogP contribution in [0.1, 0.15) is 55.7 Å². The average molecular weight is 358 g/mol. The fourth-order valence-corrected chi connectivity index (χ4v) is 4.23. The molecule has 1 amide bonds. The van der Waals surface area contributed by atoms with Crippen molar-refractivity contribution in [1.29, 1.82) is 0 Å². The van der Waals surface area contributed by atoms with Gasteiger partial charge in [-0.05, 0) is 44.1 Å². The first-order chi connectivity index (χ1) is 12.6. The van der Waals surface area contributed by atoms with E-state index in [0.717, 1.165) is 25.7 Å². The first-order valence-electron chi connectivity index (χ1n) is 10.0. The third kappa shape index (κ3) is 4.27. The number of rotatable bonds is 6. The van der Waals surface area contributed by atoms with Crippen LogP contribution in [0.2, 0.25) is 0 Å². The van der Waals surface area contributed by atoms with Gasteiger partial charge in [0.05, 0.1) is 19.8 Å². The maximum atomic E-state index is 12.4. The minimum atomic E-state index is -0.359. The highest BCUT2D eigenvalue weighted by Gasteiger charge is 2.40. The molecule has 1 aromatic carbocycles. The number of amides is 1. The molecule has 26 heavy (non-hydrogen) atoms. The molecule has 1 atom stereocenters. The Labute approximate surface area is 155 Å². The van der Waals surface area contributed by atoms with Gasteiger partial charge in [0.25, 0.3) is 0 Å². The number of hydrogen-bond acceptors (Lipinski definition) is 4. The number of ether oxygens (including phenoxy) is 2. The second kappa shape index (κ2) is 7.67.